The molecule has 5 rings (SSSR count). The Labute approximate surface area is 239 Å². The van der Waals surface area contributed by atoms with E-state index in [-0.39, 0.29) is 29.6 Å². The van der Waals surface area contributed by atoms with E-state index >= 15 is 0 Å². The van der Waals surface area contributed by atoms with Crippen LogP contribution in [0.25, 0.3) is 0 Å². The van der Waals surface area contributed by atoms with Crippen LogP contribution in [0.4, 0.5) is 22.0 Å². The summed E-state index contributed by atoms with van der Waals surface area (Å²) in [4.78, 5) is 4.06. The first kappa shape index (κ1) is 31.8. The van der Waals surface area contributed by atoms with Gasteiger partial charge in [0.15, 0.2) is 0 Å². The molecule has 214 valence electrons. The Bertz CT molecular complexity index is 1250. The zero-order chi connectivity index (χ0) is 29.6. The Morgan fingerprint density at radius 3 is 1.85 bits per heavy atom. The third kappa shape index (κ3) is 8.87. The van der Waals surface area contributed by atoms with Crippen molar-refractivity contribution in [3.05, 3.63) is 94.5 Å². The Hall–Kier alpha value is -2.76. The van der Waals surface area contributed by atoms with Gasteiger partial charge in [-0.15, -0.1) is 13.2 Å². The first-order valence-corrected chi connectivity index (χ1v) is 13.4. The first-order chi connectivity index (χ1) is 18.7. The van der Waals surface area contributed by atoms with E-state index in [1.165, 1.54) is 42.5 Å². The summed E-state index contributed by atoms with van der Waals surface area (Å²) in [5.74, 6) is -1.24. The number of ether oxygens (including phenoxy) is 1. The molecule has 0 aromatic heterocycles. The number of rotatable bonds is 3. The van der Waals surface area contributed by atoms with Crippen LogP contribution in [0.1, 0.15) is 46.1 Å². The van der Waals surface area contributed by atoms with E-state index in [0.29, 0.717) is 23.1 Å². The summed E-state index contributed by atoms with van der Waals surface area (Å²) in [6.07, 6.45) is -3.05. The van der Waals surface area contributed by atoms with Gasteiger partial charge in [-0.1, -0.05) is 52.3 Å². The molecule has 0 atom stereocenters. The SMILES string of the molecule is CC1(C)OB(c2ccccc2)OC1(C)C.FC(F)(F)Oc1ccc(Br)cc1.Fc1cccc(F)c1C1=NCCC1. The standard InChI is InChI=1S/C12H17BO2.C10H9F2N.C7H4BrF3O/c1-11(2)12(3,4)15-13(14-11)10-8-6-5-7-9-10;11-7-3-1-4-8(12)10(7)9-5-2-6-13-9;8-5-1-3-6(4-2-5)12-7(9,10)11/h5-9H,1-4H3;1,3-4H,2,5-6H2;1-4H. The normalized spacial score (nSPS) is 17.2. The van der Waals surface area contributed by atoms with Gasteiger partial charge >= 0.3 is 13.5 Å². The molecular formula is C29H30BBrF5NO3. The molecule has 0 bridgehead atoms. The number of hydrogen-bond acceptors (Lipinski definition) is 4. The number of benzene rings is 3. The van der Waals surface area contributed by atoms with Crippen molar-refractivity contribution in [2.45, 2.75) is 58.1 Å². The topological polar surface area (TPSA) is 40.0 Å². The molecule has 40 heavy (non-hydrogen) atoms. The molecule has 11 heteroatoms. The highest BCUT2D eigenvalue weighted by molar-refractivity contribution is 9.10. The lowest BCUT2D eigenvalue weighted by Crippen LogP contribution is -2.41. The third-order valence-electron chi connectivity index (χ3n) is 6.50. The molecule has 2 aliphatic heterocycles. The van der Waals surface area contributed by atoms with Crippen molar-refractivity contribution in [1.29, 1.82) is 0 Å². The molecule has 0 amide bonds. The maximum absolute atomic E-state index is 13.2. The van der Waals surface area contributed by atoms with Gasteiger partial charge in [0, 0.05) is 16.7 Å². The average molecular weight is 626 g/mol. The van der Waals surface area contributed by atoms with Crippen molar-refractivity contribution in [1.82, 2.24) is 0 Å². The second-order valence-electron chi connectivity index (χ2n) is 10.0. The highest BCUT2D eigenvalue weighted by Crippen LogP contribution is 2.36. The van der Waals surface area contributed by atoms with Crippen LogP contribution in [0.3, 0.4) is 0 Å². The molecule has 2 heterocycles. The average Bonchev–Trinajstić information content (AvgIpc) is 3.47. The van der Waals surface area contributed by atoms with Crippen molar-refractivity contribution in [3.63, 3.8) is 0 Å². The Morgan fingerprint density at radius 1 is 0.825 bits per heavy atom. The fraction of sp³-hybridized carbons (Fsp3) is 0.345. The predicted octanol–water partition coefficient (Wildman–Crippen LogP) is 7.88. The molecule has 2 aliphatic rings. The van der Waals surface area contributed by atoms with Gasteiger partial charge in [-0.05, 0) is 82.4 Å². The molecule has 4 nitrogen and oxygen atoms in total. The smallest absolute Gasteiger partial charge is 0.406 e. The van der Waals surface area contributed by atoms with E-state index in [1.807, 2.05) is 30.3 Å². The number of alkyl halides is 3. The maximum Gasteiger partial charge on any atom is 0.573 e. The predicted molar refractivity (Wildman–Crippen MR) is 150 cm³/mol. The molecule has 0 aliphatic carbocycles. The minimum absolute atomic E-state index is 0.0556. The maximum atomic E-state index is 13.2. The van der Waals surface area contributed by atoms with Gasteiger partial charge in [0.1, 0.15) is 17.4 Å². The number of hydrogen-bond donors (Lipinski definition) is 0. The molecule has 3 aromatic carbocycles. The van der Waals surface area contributed by atoms with Crippen LogP contribution in [0, 0.1) is 11.6 Å². The van der Waals surface area contributed by atoms with Gasteiger partial charge in [-0.25, -0.2) is 8.78 Å². The van der Waals surface area contributed by atoms with E-state index in [1.54, 1.807) is 0 Å². The van der Waals surface area contributed by atoms with Crippen LogP contribution < -0.4 is 10.2 Å². The summed E-state index contributed by atoms with van der Waals surface area (Å²) in [6.45, 7) is 8.95. The quantitative estimate of drug-likeness (QED) is 0.220. The van der Waals surface area contributed by atoms with Crippen molar-refractivity contribution < 1.29 is 36.0 Å². The summed E-state index contributed by atoms with van der Waals surface area (Å²) < 4.78 is 77.4. The number of nitrogens with zero attached hydrogens (tertiary/aromatic N) is 1. The number of aliphatic imine (C=N–C) groups is 1. The second-order valence-corrected chi connectivity index (χ2v) is 10.9. The number of halogens is 6. The third-order valence-corrected chi connectivity index (χ3v) is 7.03. The lowest BCUT2D eigenvalue weighted by atomic mass is 9.79. The van der Waals surface area contributed by atoms with E-state index in [2.05, 4.69) is 53.4 Å². The zero-order valence-corrected chi connectivity index (χ0v) is 24.2. The minimum atomic E-state index is -4.62. The Morgan fingerprint density at radius 2 is 1.38 bits per heavy atom. The van der Waals surface area contributed by atoms with E-state index < -0.39 is 18.0 Å². The highest BCUT2D eigenvalue weighted by atomic mass is 79.9. The summed E-state index contributed by atoms with van der Waals surface area (Å²) in [6, 6.07) is 19.4. The summed E-state index contributed by atoms with van der Waals surface area (Å²) in [5.41, 5.74) is 1.19. The van der Waals surface area contributed by atoms with Crippen LogP contribution in [-0.2, 0) is 9.31 Å². The van der Waals surface area contributed by atoms with Crippen molar-refractivity contribution >= 4 is 34.2 Å². The molecule has 1 fully saturated rings. The zero-order valence-electron chi connectivity index (χ0n) is 22.6. The van der Waals surface area contributed by atoms with Gasteiger partial charge in [0.25, 0.3) is 0 Å². The lowest BCUT2D eigenvalue weighted by Gasteiger charge is -2.32. The van der Waals surface area contributed by atoms with E-state index in [4.69, 9.17) is 9.31 Å². The van der Waals surface area contributed by atoms with Crippen LogP contribution in [0.2, 0.25) is 0 Å². The second kappa shape index (κ2) is 13.3. The van der Waals surface area contributed by atoms with Crippen LogP contribution in [-0.4, -0.2) is 36.9 Å². The van der Waals surface area contributed by atoms with Gasteiger partial charge in [0.05, 0.1) is 16.8 Å². The van der Waals surface area contributed by atoms with Gasteiger partial charge < -0.3 is 14.0 Å². The van der Waals surface area contributed by atoms with Crippen molar-refractivity contribution in [2.75, 3.05) is 6.54 Å². The van der Waals surface area contributed by atoms with Gasteiger partial charge in [0.2, 0.25) is 0 Å². The van der Waals surface area contributed by atoms with E-state index in [9.17, 15) is 22.0 Å². The largest absolute Gasteiger partial charge is 0.573 e. The Balaban J connectivity index is 0.000000167. The first-order valence-electron chi connectivity index (χ1n) is 12.6. The van der Waals surface area contributed by atoms with Crippen molar-refractivity contribution in [3.8, 4) is 5.75 Å². The minimum Gasteiger partial charge on any atom is -0.406 e. The molecule has 0 N–H and O–H groups in total. The molecular weight excluding hydrogens is 596 g/mol. The van der Waals surface area contributed by atoms with Gasteiger partial charge in [-0.3, -0.25) is 4.99 Å². The summed E-state index contributed by atoms with van der Waals surface area (Å²) >= 11 is 3.09. The highest BCUT2D eigenvalue weighted by Gasteiger charge is 2.51. The molecule has 0 radical (unpaired) electrons. The van der Waals surface area contributed by atoms with Crippen LogP contribution in [0.15, 0.2) is 82.3 Å². The molecule has 3 aromatic rings. The van der Waals surface area contributed by atoms with E-state index in [0.717, 1.165) is 11.9 Å². The molecule has 0 spiro atoms. The summed E-state index contributed by atoms with van der Waals surface area (Å²) in [7, 11) is -0.240. The fourth-order valence-electron chi connectivity index (χ4n) is 3.74. The fourth-order valence-corrected chi connectivity index (χ4v) is 4.01. The van der Waals surface area contributed by atoms with Crippen molar-refractivity contribution in [2.24, 2.45) is 4.99 Å². The molecule has 0 saturated carbocycles. The van der Waals surface area contributed by atoms with Crippen LogP contribution in [0.5, 0.6) is 5.75 Å². The van der Waals surface area contributed by atoms with Gasteiger partial charge in [-0.2, -0.15) is 0 Å². The summed E-state index contributed by atoms with van der Waals surface area (Å²) in [5, 5.41) is 0. The Kier molecular flexibility index (Phi) is 10.5. The molecule has 0 unspecified atom stereocenters. The lowest BCUT2D eigenvalue weighted by molar-refractivity contribution is -0.274. The molecule has 1 saturated heterocycles. The monoisotopic (exact) mass is 625 g/mol. The van der Waals surface area contributed by atoms with Crippen LogP contribution >= 0.6 is 15.9 Å².